The number of carbonyl (C=O) groups excluding carboxylic acids is 1. The molecule has 1 unspecified atom stereocenters. The Morgan fingerprint density at radius 2 is 2.13 bits per heavy atom. The van der Waals surface area contributed by atoms with Crippen molar-refractivity contribution in [3.05, 3.63) is 30.5 Å². The number of hydrogen-bond donors (Lipinski definition) is 0. The first-order chi connectivity index (χ1) is 11.2. The molecule has 0 bridgehead atoms. The third-order valence-electron chi connectivity index (χ3n) is 4.17. The summed E-state index contributed by atoms with van der Waals surface area (Å²) in [6, 6.07) is -0.0294. The van der Waals surface area contributed by atoms with Crippen molar-refractivity contribution in [2.24, 2.45) is 7.05 Å². The summed E-state index contributed by atoms with van der Waals surface area (Å²) in [4.78, 5) is 27.8. The van der Waals surface area contributed by atoms with E-state index >= 15 is 0 Å². The second-order valence-corrected chi connectivity index (χ2v) is 6.07. The predicted octanol–water partition coefficient (Wildman–Crippen LogP) is 2.56. The van der Waals surface area contributed by atoms with Gasteiger partial charge in [0.2, 0.25) is 5.91 Å². The Bertz CT molecular complexity index is 687. The summed E-state index contributed by atoms with van der Waals surface area (Å²) in [5, 5.41) is 0. The van der Waals surface area contributed by atoms with Gasteiger partial charge in [0.1, 0.15) is 5.69 Å². The van der Waals surface area contributed by atoms with Gasteiger partial charge in [0.15, 0.2) is 5.82 Å². The Hall–Kier alpha value is -1.95. The molecule has 2 aromatic heterocycles. The van der Waals surface area contributed by atoms with Gasteiger partial charge in [0.05, 0.1) is 11.7 Å². The molecule has 6 nitrogen and oxygen atoms in total. The van der Waals surface area contributed by atoms with Crippen molar-refractivity contribution in [2.45, 2.75) is 31.7 Å². The molecule has 1 amide bonds. The summed E-state index contributed by atoms with van der Waals surface area (Å²) in [5.74, 6) is 1.42. The molecule has 0 N–H and O–H groups in total. The van der Waals surface area contributed by atoms with Crippen molar-refractivity contribution in [3.8, 4) is 11.5 Å². The molecule has 122 valence electrons. The van der Waals surface area contributed by atoms with E-state index in [1.807, 2.05) is 22.7 Å². The van der Waals surface area contributed by atoms with Crippen LogP contribution in [0.1, 0.15) is 37.4 Å². The molecule has 0 radical (unpaired) electrons. The zero-order valence-corrected chi connectivity index (χ0v) is 13.9. The van der Waals surface area contributed by atoms with Crippen molar-refractivity contribution in [2.75, 3.05) is 12.4 Å². The molecule has 0 aromatic carbocycles. The molecule has 7 heteroatoms. The molecule has 0 saturated carbocycles. The molecule has 0 spiro atoms. The molecule has 1 aliphatic heterocycles. The number of rotatable bonds is 5. The summed E-state index contributed by atoms with van der Waals surface area (Å²) >= 11 is 5.71. The molecule has 23 heavy (non-hydrogen) atoms. The third-order valence-corrected chi connectivity index (χ3v) is 4.44. The van der Waals surface area contributed by atoms with Crippen molar-refractivity contribution in [3.63, 3.8) is 0 Å². The Balaban J connectivity index is 1.92. The number of alkyl halides is 1. The number of imidazole rings is 1. The summed E-state index contributed by atoms with van der Waals surface area (Å²) in [6.07, 6.45) is 10.0. The Labute approximate surface area is 140 Å². The Morgan fingerprint density at radius 3 is 2.87 bits per heavy atom. The first-order valence-electron chi connectivity index (χ1n) is 7.86. The number of amides is 1. The summed E-state index contributed by atoms with van der Waals surface area (Å²) in [6.45, 7) is 0.766. The lowest BCUT2D eigenvalue weighted by atomic mass is 10.1. The number of aryl methyl sites for hydroxylation is 1. The van der Waals surface area contributed by atoms with Gasteiger partial charge in [0, 0.05) is 50.7 Å². The van der Waals surface area contributed by atoms with Crippen molar-refractivity contribution < 1.29 is 4.79 Å². The molecule has 0 aliphatic carbocycles. The number of likely N-dealkylation sites (tertiary alicyclic amines) is 1. The van der Waals surface area contributed by atoms with Crippen LogP contribution in [0.15, 0.2) is 24.8 Å². The highest BCUT2D eigenvalue weighted by Crippen LogP contribution is 2.35. The summed E-state index contributed by atoms with van der Waals surface area (Å²) in [5.41, 5.74) is 1.58. The highest BCUT2D eigenvalue weighted by atomic mass is 35.5. The number of aromatic nitrogens is 4. The van der Waals surface area contributed by atoms with Gasteiger partial charge < -0.3 is 9.47 Å². The van der Waals surface area contributed by atoms with Gasteiger partial charge >= 0.3 is 0 Å². The molecule has 3 rings (SSSR count). The summed E-state index contributed by atoms with van der Waals surface area (Å²) < 4.78 is 1.92. The smallest absolute Gasteiger partial charge is 0.223 e. The SMILES string of the molecule is Cn1ccnc1-c1nccnc1C1CCCN1C(=O)CCCCl. The van der Waals surface area contributed by atoms with Crippen LogP contribution >= 0.6 is 11.6 Å². The van der Waals surface area contributed by atoms with Crippen LogP contribution in [0.2, 0.25) is 0 Å². The van der Waals surface area contributed by atoms with E-state index in [1.165, 1.54) is 0 Å². The minimum absolute atomic E-state index is 0.0294. The molecule has 1 atom stereocenters. The summed E-state index contributed by atoms with van der Waals surface area (Å²) in [7, 11) is 1.93. The third kappa shape index (κ3) is 3.22. The van der Waals surface area contributed by atoms with Crippen LogP contribution in [0.4, 0.5) is 0 Å². The minimum Gasteiger partial charge on any atom is -0.334 e. The lowest BCUT2D eigenvalue weighted by molar-refractivity contribution is -0.132. The van der Waals surface area contributed by atoms with Crippen LogP contribution < -0.4 is 0 Å². The van der Waals surface area contributed by atoms with Crippen LogP contribution in [0, 0.1) is 0 Å². The predicted molar refractivity (Wildman–Crippen MR) is 87.9 cm³/mol. The second-order valence-electron chi connectivity index (χ2n) is 5.69. The van der Waals surface area contributed by atoms with E-state index in [2.05, 4.69) is 15.0 Å². The first kappa shape index (κ1) is 15.9. The van der Waals surface area contributed by atoms with Crippen LogP contribution in [0.25, 0.3) is 11.5 Å². The highest BCUT2D eigenvalue weighted by molar-refractivity contribution is 6.17. The quantitative estimate of drug-likeness (QED) is 0.789. The number of carbonyl (C=O) groups is 1. The maximum atomic E-state index is 12.5. The van der Waals surface area contributed by atoms with Gasteiger partial charge in [-0.05, 0) is 19.3 Å². The largest absolute Gasteiger partial charge is 0.334 e. The Kier molecular flexibility index (Phi) is 4.91. The van der Waals surface area contributed by atoms with Crippen LogP contribution in [-0.2, 0) is 11.8 Å². The molecule has 1 aliphatic rings. The topological polar surface area (TPSA) is 63.9 Å². The second kappa shape index (κ2) is 7.08. The van der Waals surface area contributed by atoms with Gasteiger partial charge in [-0.25, -0.2) is 9.97 Å². The van der Waals surface area contributed by atoms with Gasteiger partial charge in [-0.3, -0.25) is 9.78 Å². The van der Waals surface area contributed by atoms with Gasteiger partial charge in [-0.2, -0.15) is 0 Å². The van der Waals surface area contributed by atoms with Gasteiger partial charge in [-0.1, -0.05) is 0 Å². The normalized spacial score (nSPS) is 17.7. The van der Waals surface area contributed by atoms with Crippen molar-refractivity contribution >= 4 is 17.5 Å². The zero-order valence-electron chi connectivity index (χ0n) is 13.2. The average molecular weight is 334 g/mol. The molecular weight excluding hydrogens is 314 g/mol. The molecule has 1 saturated heterocycles. The standard InChI is InChI=1S/C16H20ClN5O/c1-21-11-9-20-16(21)15-14(18-7-8-19-15)12-4-3-10-22(12)13(23)5-2-6-17/h7-9,11-12H,2-6,10H2,1H3. The van der Waals surface area contributed by atoms with Gasteiger partial charge in [0.25, 0.3) is 0 Å². The van der Waals surface area contributed by atoms with E-state index in [-0.39, 0.29) is 11.9 Å². The van der Waals surface area contributed by atoms with Crippen LogP contribution in [0.5, 0.6) is 0 Å². The van der Waals surface area contributed by atoms with Crippen LogP contribution in [0.3, 0.4) is 0 Å². The zero-order chi connectivity index (χ0) is 16.2. The fraction of sp³-hybridized carbons (Fsp3) is 0.500. The fourth-order valence-corrected chi connectivity index (χ4v) is 3.20. The molecule has 2 aromatic rings. The average Bonchev–Trinajstić information content (AvgIpc) is 3.21. The molecule has 1 fully saturated rings. The van der Waals surface area contributed by atoms with Crippen molar-refractivity contribution in [1.29, 1.82) is 0 Å². The molecular formula is C16H20ClN5O. The van der Waals surface area contributed by atoms with E-state index in [0.717, 1.165) is 36.6 Å². The Morgan fingerprint density at radius 1 is 1.30 bits per heavy atom. The molecule has 3 heterocycles. The van der Waals surface area contributed by atoms with Crippen LogP contribution in [-0.4, -0.2) is 42.8 Å². The number of halogens is 1. The van der Waals surface area contributed by atoms with Crippen molar-refractivity contribution in [1.82, 2.24) is 24.4 Å². The van der Waals surface area contributed by atoms with E-state index in [1.54, 1.807) is 18.6 Å². The monoisotopic (exact) mass is 333 g/mol. The lowest BCUT2D eigenvalue weighted by Gasteiger charge is -2.25. The fourth-order valence-electron chi connectivity index (χ4n) is 3.07. The maximum absolute atomic E-state index is 12.5. The van der Waals surface area contributed by atoms with E-state index in [0.29, 0.717) is 18.7 Å². The van der Waals surface area contributed by atoms with E-state index < -0.39 is 0 Å². The van der Waals surface area contributed by atoms with E-state index in [9.17, 15) is 4.79 Å². The number of nitrogens with zero attached hydrogens (tertiary/aromatic N) is 5. The number of hydrogen-bond acceptors (Lipinski definition) is 4. The van der Waals surface area contributed by atoms with Gasteiger partial charge in [-0.15, -0.1) is 11.6 Å². The maximum Gasteiger partial charge on any atom is 0.223 e. The minimum atomic E-state index is -0.0294. The van der Waals surface area contributed by atoms with E-state index in [4.69, 9.17) is 11.6 Å². The first-order valence-corrected chi connectivity index (χ1v) is 8.40. The highest BCUT2D eigenvalue weighted by Gasteiger charge is 2.33. The lowest BCUT2D eigenvalue weighted by Crippen LogP contribution is -2.31.